The van der Waals surface area contributed by atoms with Crippen molar-refractivity contribution in [1.82, 2.24) is 5.32 Å². The lowest BCUT2D eigenvalue weighted by Gasteiger charge is -2.22. The van der Waals surface area contributed by atoms with Crippen molar-refractivity contribution in [2.75, 3.05) is 0 Å². The van der Waals surface area contributed by atoms with Gasteiger partial charge in [-0.25, -0.2) is 4.79 Å². The van der Waals surface area contributed by atoms with Crippen LogP contribution in [0.1, 0.15) is 24.2 Å². The van der Waals surface area contributed by atoms with E-state index in [4.69, 9.17) is 11.6 Å². The molecule has 0 aliphatic rings. The molecule has 3 aromatic carbocycles. The van der Waals surface area contributed by atoms with E-state index in [0.717, 1.165) is 21.9 Å². The van der Waals surface area contributed by atoms with Gasteiger partial charge >= 0.3 is 5.97 Å². The van der Waals surface area contributed by atoms with Crippen LogP contribution in [0, 0.1) is 0 Å². The fourth-order valence-electron chi connectivity index (χ4n) is 2.79. The van der Waals surface area contributed by atoms with Gasteiger partial charge in [0.25, 0.3) is 5.91 Å². The van der Waals surface area contributed by atoms with Crippen molar-refractivity contribution in [3.63, 3.8) is 0 Å². The quantitative estimate of drug-likeness (QED) is 0.699. The third-order valence-electron chi connectivity index (χ3n) is 4.27. The molecule has 0 atom stereocenters. The predicted octanol–water partition coefficient (Wildman–Crippen LogP) is 4.75. The standard InChI is InChI=1S/C21H18ClNO3/c1-21(2,20(25)26)23-19(24)17-12-9-13-5-3-4-6-16(13)18(17)14-7-10-15(22)11-8-14/h3-12H,1-2H3,(H,23,24)(H,25,26). The van der Waals surface area contributed by atoms with Crippen molar-refractivity contribution in [2.45, 2.75) is 19.4 Å². The predicted molar refractivity (Wildman–Crippen MR) is 104 cm³/mol. The summed E-state index contributed by atoms with van der Waals surface area (Å²) in [5.41, 5.74) is 0.628. The minimum atomic E-state index is -1.38. The third kappa shape index (κ3) is 3.41. The van der Waals surface area contributed by atoms with Crippen LogP contribution in [-0.2, 0) is 4.79 Å². The summed E-state index contributed by atoms with van der Waals surface area (Å²) >= 11 is 6.00. The van der Waals surface area contributed by atoms with E-state index < -0.39 is 17.4 Å². The second-order valence-electron chi connectivity index (χ2n) is 6.60. The molecule has 0 saturated heterocycles. The lowest BCUT2D eigenvalue weighted by Crippen LogP contribution is -2.49. The third-order valence-corrected chi connectivity index (χ3v) is 4.52. The van der Waals surface area contributed by atoms with Gasteiger partial charge in [0.2, 0.25) is 0 Å². The van der Waals surface area contributed by atoms with Crippen molar-refractivity contribution in [2.24, 2.45) is 0 Å². The zero-order chi connectivity index (χ0) is 18.9. The molecule has 1 amide bonds. The van der Waals surface area contributed by atoms with E-state index in [1.165, 1.54) is 13.8 Å². The molecule has 3 aromatic rings. The maximum absolute atomic E-state index is 12.9. The van der Waals surface area contributed by atoms with E-state index >= 15 is 0 Å². The van der Waals surface area contributed by atoms with Crippen LogP contribution in [0.2, 0.25) is 5.02 Å². The number of hydrogen-bond acceptors (Lipinski definition) is 2. The lowest BCUT2D eigenvalue weighted by atomic mass is 9.92. The van der Waals surface area contributed by atoms with Crippen LogP contribution in [0.3, 0.4) is 0 Å². The van der Waals surface area contributed by atoms with Crippen LogP contribution in [0.4, 0.5) is 0 Å². The Kier molecular flexibility index (Phi) is 4.70. The molecule has 4 nitrogen and oxygen atoms in total. The number of carboxylic acid groups (broad SMARTS) is 1. The number of carboxylic acids is 1. The number of amides is 1. The molecule has 0 heterocycles. The van der Waals surface area contributed by atoms with Crippen LogP contribution in [0.25, 0.3) is 21.9 Å². The molecule has 26 heavy (non-hydrogen) atoms. The molecule has 0 spiro atoms. The molecule has 0 aliphatic heterocycles. The number of carbonyl (C=O) groups excluding carboxylic acids is 1. The zero-order valence-electron chi connectivity index (χ0n) is 14.4. The fourth-order valence-corrected chi connectivity index (χ4v) is 2.92. The Morgan fingerprint density at radius 1 is 0.962 bits per heavy atom. The first-order chi connectivity index (χ1) is 12.3. The van der Waals surface area contributed by atoms with Gasteiger partial charge in [-0.2, -0.15) is 0 Å². The Hall–Kier alpha value is -2.85. The van der Waals surface area contributed by atoms with Crippen molar-refractivity contribution in [3.05, 3.63) is 71.2 Å². The number of hydrogen-bond donors (Lipinski definition) is 2. The Morgan fingerprint density at radius 2 is 1.62 bits per heavy atom. The smallest absolute Gasteiger partial charge is 0.328 e. The van der Waals surface area contributed by atoms with Crippen molar-refractivity contribution in [3.8, 4) is 11.1 Å². The summed E-state index contributed by atoms with van der Waals surface area (Å²) in [5.74, 6) is -1.53. The van der Waals surface area contributed by atoms with Gasteiger partial charge in [0.15, 0.2) is 0 Å². The van der Waals surface area contributed by atoms with E-state index in [1.807, 2.05) is 42.5 Å². The van der Waals surface area contributed by atoms with Crippen LogP contribution >= 0.6 is 11.6 Å². The number of fused-ring (bicyclic) bond motifs is 1. The normalized spacial score (nSPS) is 11.3. The largest absolute Gasteiger partial charge is 0.480 e. The molecule has 0 bridgehead atoms. The zero-order valence-corrected chi connectivity index (χ0v) is 15.2. The van der Waals surface area contributed by atoms with Crippen LogP contribution in [-0.4, -0.2) is 22.5 Å². The highest BCUT2D eigenvalue weighted by atomic mass is 35.5. The molecule has 0 saturated carbocycles. The molecule has 132 valence electrons. The molecule has 0 radical (unpaired) electrons. The maximum Gasteiger partial charge on any atom is 0.328 e. The first-order valence-corrected chi connectivity index (χ1v) is 8.51. The number of nitrogens with one attached hydrogen (secondary N) is 1. The van der Waals surface area contributed by atoms with Crippen LogP contribution in [0.5, 0.6) is 0 Å². The highest BCUT2D eigenvalue weighted by Crippen LogP contribution is 2.33. The molecular weight excluding hydrogens is 350 g/mol. The lowest BCUT2D eigenvalue weighted by molar-refractivity contribution is -0.143. The Morgan fingerprint density at radius 3 is 2.27 bits per heavy atom. The first kappa shape index (κ1) is 18.0. The molecule has 5 heteroatoms. The minimum Gasteiger partial charge on any atom is -0.480 e. The average Bonchev–Trinajstić information content (AvgIpc) is 2.61. The van der Waals surface area contributed by atoms with Crippen molar-refractivity contribution >= 4 is 34.2 Å². The highest BCUT2D eigenvalue weighted by Gasteiger charge is 2.30. The van der Waals surface area contributed by atoms with E-state index in [1.54, 1.807) is 18.2 Å². The Balaban J connectivity index is 2.19. The fraction of sp³-hybridized carbons (Fsp3) is 0.143. The molecule has 0 aliphatic carbocycles. The summed E-state index contributed by atoms with van der Waals surface area (Å²) < 4.78 is 0. The number of carbonyl (C=O) groups is 2. The summed E-state index contributed by atoms with van der Waals surface area (Å²) in [7, 11) is 0. The topological polar surface area (TPSA) is 66.4 Å². The summed E-state index contributed by atoms with van der Waals surface area (Å²) in [6.07, 6.45) is 0. The second kappa shape index (κ2) is 6.81. The number of rotatable bonds is 4. The molecule has 0 aromatic heterocycles. The SMILES string of the molecule is CC(C)(NC(=O)c1ccc2ccccc2c1-c1ccc(Cl)cc1)C(=O)O. The number of benzene rings is 3. The Labute approximate surface area is 156 Å². The van der Waals surface area contributed by atoms with Gasteiger partial charge in [-0.05, 0) is 48.4 Å². The maximum atomic E-state index is 12.9. The summed E-state index contributed by atoms with van der Waals surface area (Å²) in [4.78, 5) is 24.2. The van der Waals surface area contributed by atoms with E-state index in [0.29, 0.717) is 10.6 Å². The van der Waals surface area contributed by atoms with E-state index in [2.05, 4.69) is 5.32 Å². The molecule has 0 unspecified atom stereocenters. The number of halogens is 1. The molecular formula is C21H18ClNO3. The Bertz CT molecular complexity index is 994. The summed E-state index contributed by atoms with van der Waals surface area (Å²) in [5, 5.41) is 14.4. The van der Waals surface area contributed by atoms with Crippen LogP contribution in [0.15, 0.2) is 60.7 Å². The van der Waals surface area contributed by atoms with Gasteiger partial charge in [0.05, 0.1) is 0 Å². The van der Waals surface area contributed by atoms with E-state index in [9.17, 15) is 14.7 Å². The van der Waals surface area contributed by atoms with Gasteiger partial charge in [-0.15, -0.1) is 0 Å². The van der Waals surface area contributed by atoms with E-state index in [-0.39, 0.29) is 0 Å². The van der Waals surface area contributed by atoms with Crippen molar-refractivity contribution < 1.29 is 14.7 Å². The molecule has 0 fully saturated rings. The van der Waals surface area contributed by atoms with Crippen molar-refractivity contribution in [1.29, 1.82) is 0 Å². The van der Waals surface area contributed by atoms with Gasteiger partial charge in [0, 0.05) is 16.1 Å². The number of aliphatic carboxylic acids is 1. The van der Waals surface area contributed by atoms with Crippen LogP contribution < -0.4 is 5.32 Å². The molecule has 3 rings (SSSR count). The van der Waals surface area contributed by atoms with Gasteiger partial charge in [0.1, 0.15) is 5.54 Å². The highest BCUT2D eigenvalue weighted by molar-refractivity contribution is 6.30. The van der Waals surface area contributed by atoms with Gasteiger partial charge < -0.3 is 10.4 Å². The van der Waals surface area contributed by atoms with Gasteiger partial charge in [-0.1, -0.05) is 54.1 Å². The summed E-state index contributed by atoms with van der Waals surface area (Å²) in [6, 6.07) is 18.6. The molecule has 2 N–H and O–H groups in total. The minimum absolute atomic E-state index is 0.417. The van der Waals surface area contributed by atoms with Gasteiger partial charge in [-0.3, -0.25) is 4.79 Å². The monoisotopic (exact) mass is 367 g/mol. The average molecular weight is 368 g/mol. The summed E-state index contributed by atoms with van der Waals surface area (Å²) in [6.45, 7) is 2.91. The first-order valence-electron chi connectivity index (χ1n) is 8.13. The second-order valence-corrected chi connectivity index (χ2v) is 7.04.